The zero-order valence-electron chi connectivity index (χ0n) is 9.11. The van der Waals surface area contributed by atoms with Gasteiger partial charge in [-0.25, -0.2) is 4.98 Å². The van der Waals surface area contributed by atoms with Crippen molar-refractivity contribution in [3.05, 3.63) is 36.2 Å². The molecule has 0 aromatic carbocycles. The molecule has 0 aliphatic heterocycles. The molecule has 0 amide bonds. The van der Waals surface area contributed by atoms with Gasteiger partial charge in [-0.15, -0.1) is 0 Å². The highest BCUT2D eigenvalue weighted by atomic mass is 16.5. The third-order valence-electron chi connectivity index (χ3n) is 2.54. The van der Waals surface area contributed by atoms with Crippen molar-refractivity contribution in [2.75, 3.05) is 0 Å². The van der Waals surface area contributed by atoms with E-state index in [2.05, 4.69) is 10.1 Å². The number of rotatable bonds is 4. The van der Waals surface area contributed by atoms with E-state index in [0.717, 1.165) is 19.1 Å². The molecule has 2 heterocycles. The Morgan fingerprint density at radius 2 is 2.24 bits per heavy atom. The van der Waals surface area contributed by atoms with E-state index in [1.165, 1.54) is 6.20 Å². The number of carbonyl (C=O) groups excluding carboxylic acids is 1. The number of nitrogens with zero attached hydrogens (tertiary/aromatic N) is 3. The molecule has 0 bridgehead atoms. The fourth-order valence-electron chi connectivity index (χ4n) is 1.50. The quantitative estimate of drug-likeness (QED) is 0.747. The predicted octanol–water partition coefficient (Wildman–Crippen LogP) is 1.62. The minimum Gasteiger partial charge on any atom is -0.474 e. The molecule has 0 N–H and O–H groups in total. The lowest BCUT2D eigenvalue weighted by Crippen LogP contribution is -2.05. The van der Waals surface area contributed by atoms with Crippen molar-refractivity contribution >= 4 is 6.29 Å². The van der Waals surface area contributed by atoms with E-state index in [4.69, 9.17) is 4.74 Å². The molecule has 0 spiro atoms. The van der Waals surface area contributed by atoms with Crippen LogP contribution in [0.25, 0.3) is 5.82 Å². The van der Waals surface area contributed by atoms with E-state index in [-0.39, 0.29) is 0 Å². The molecule has 17 heavy (non-hydrogen) atoms. The van der Waals surface area contributed by atoms with E-state index in [1.807, 2.05) is 6.07 Å². The van der Waals surface area contributed by atoms with Gasteiger partial charge in [0, 0.05) is 17.8 Å². The largest absolute Gasteiger partial charge is 0.474 e. The first-order chi connectivity index (χ1) is 8.36. The zero-order chi connectivity index (χ0) is 11.7. The van der Waals surface area contributed by atoms with Crippen LogP contribution in [-0.4, -0.2) is 27.2 Å². The van der Waals surface area contributed by atoms with Crippen LogP contribution in [0.3, 0.4) is 0 Å². The average molecular weight is 229 g/mol. The first kappa shape index (κ1) is 10.0. The van der Waals surface area contributed by atoms with Crippen molar-refractivity contribution in [1.29, 1.82) is 0 Å². The number of ether oxygens (including phenoxy) is 1. The van der Waals surface area contributed by atoms with Crippen molar-refractivity contribution in [3.63, 3.8) is 0 Å². The molecule has 0 radical (unpaired) electrons. The Morgan fingerprint density at radius 1 is 1.35 bits per heavy atom. The molecule has 5 nitrogen and oxygen atoms in total. The lowest BCUT2D eigenvalue weighted by molar-refractivity contribution is 0.112. The second-order valence-corrected chi connectivity index (χ2v) is 3.97. The van der Waals surface area contributed by atoms with Gasteiger partial charge >= 0.3 is 0 Å². The van der Waals surface area contributed by atoms with Crippen LogP contribution in [-0.2, 0) is 0 Å². The van der Waals surface area contributed by atoms with Gasteiger partial charge in [0.25, 0.3) is 0 Å². The summed E-state index contributed by atoms with van der Waals surface area (Å²) in [5.41, 5.74) is 0.547. The van der Waals surface area contributed by atoms with E-state index in [1.54, 1.807) is 23.0 Å². The SMILES string of the molecule is O=Cc1ccc(-n2nccc2OC2CC2)nc1. The summed E-state index contributed by atoms with van der Waals surface area (Å²) in [6.45, 7) is 0. The maximum Gasteiger partial charge on any atom is 0.218 e. The van der Waals surface area contributed by atoms with Crippen LogP contribution < -0.4 is 4.74 Å². The first-order valence-electron chi connectivity index (χ1n) is 5.49. The van der Waals surface area contributed by atoms with Crippen molar-refractivity contribution in [1.82, 2.24) is 14.8 Å². The number of carbonyl (C=O) groups is 1. The molecule has 0 unspecified atom stereocenters. The van der Waals surface area contributed by atoms with Crippen molar-refractivity contribution < 1.29 is 9.53 Å². The van der Waals surface area contributed by atoms with Gasteiger partial charge in [-0.1, -0.05) is 0 Å². The van der Waals surface area contributed by atoms with Crippen LogP contribution in [0.1, 0.15) is 23.2 Å². The fourth-order valence-corrected chi connectivity index (χ4v) is 1.50. The van der Waals surface area contributed by atoms with Gasteiger partial charge in [-0.2, -0.15) is 9.78 Å². The monoisotopic (exact) mass is 229 g/mol. The molecular weight excluding hydrogens is 218 g/mol. The predicted molar refractivity (Wildman–Crippen MR) is 60.4 cm³/mol. The highest BCUT2D eigenvalue weighted by Gasteiger charge is 2.25. The maximum atomic E-state index is 10.5. The Kier molecular flexibility index (Phi) is 2.36. The van der Waals surface area contributed by atoms with Crippen molar-refractivity contribution in [2.24, 2.45) is 0 Å². The topological polar surface area (TPSA) is 57.0 Å². The second-order valence-electron chi connectivity index (χ2n) is 3.97. The number of hydrogen-bond acceptors (Lipinski definition) is 4. The van der Waals surface area contributed by atoms with Crippen LogP contribution in [0.15, 0.2) is 30.6 Å². The second kappa shape index (κ2) is 4.01. The van der Waals surface area contributed by atoms with Gasteiger partial charge in [0.05, 0.1) is 6.20 Å². The summed E-state index contributed by atoms with van der Waals surface area (Å²) < 4.78 is 7.33. The molecule has 2 aromatic rings. The van der Waals surface area contributed by atoms with Crippen molar-refractivity contribution in [3.8, 4) is 11.7 Å². The molecule has 3 rings (SSSR count). The average Bonchev–Trinajstić information content (AvgIpc) is 3.06. The Bertz CT molecular complexity index is 529. The fraction of sp³-hybridized carbons (Fsp3) is 0.250. The smallest absolute Gasteiger partial charge is 0.218 e. The van der Waals surface area contributed by atoms with E-state index in [0.29, 0.717) is 23.4 Å². The van der Waals surface area contributed by atoms with Crippen LogP contribution >= 0.6 is 0 Å². The van der Waals surface area contributed by atoms with Crippen LogP contribution in [0.2, 0.25) is 0 Å². The molecule has 0 atom stereocenters. The number of aromatic nitrogens is 3. The number of hydrogen-bond donors (Lipinski definition) is 0. The maximum absolute atomic E-state index is 10.5. The van der Waals surface area contributed by atoms with Gasteiger partial charge in [0.1, 0.15) is 6.10 Å². The minimum absolute atomic E-state index is 0.319. The lowest BCUT2D eigenvalue weighted by atomic mass is 10.3. The molecule has 2 aromatic heterocycles. The summed E-state index contributed by atoms with van der Waals surface area (Å²) in [5.74, 6) is 1.34. The minimum atomic E-state index is 0.319. The number of pyridine rings is 1. The summed E-state index contributed by atoms with van der Waals surface area (Å²) in [7, 11) is 0. The van der Waals surface area contributed by atoms with Gasteiger partial charge in [-0.05, 0) is 25.0 Å². The Balaban J connectivity index is 1.90. The molecule has 1 saturated carbocycles. The summed E-state index contributed by atoms with van der Waals surface area (Å²) in [6.07, 6.45) is 6.48. The van der Waals surface area contributed by atoms with Crippen LogP contribution in [0.5, 0.6) is 5.88 Å². The summed E-state index contributed by atoms with van der Waals surface area (Å²) >= 11 is 0. The number of aldehydes is 1. The zero-order valence-corrected chi connectivity index (χ0v) is 9.11. The highest BCUT2D eigenvalue weighted by Crippen LogP contribution is 2.27. The summed E-state index contributed by atoms with van der Waals surface area (Å²) in [4.78, 5) is 14.7. The van der Waals surface area contributed by atoms with Crippen LogP contribution in [0, 0.1) is 0 Å². The van der Waals surface area contributed by atoms with Gasteiger partial charge in [0.2, 0.25) is 5.88 Å². The molecule has 1 aliphatic carbocycles. The van der Waals surface area contributed by atoms with Crippen molar-refractivity contribution in [2.45, 2.75) is 18.9 Å². The normalized spacial score (nSPS) is 14.6. The molecular formula is C12H11N3O2. The standard InChI is InChI=1S/C12H11N3O2/c16-8-9-1-4-11(13-7-9)15-12(5-6-14-15)17-10-2-3-10/h1,4-8,10H,2-3H2. The van der Waals surface area contributed by atoms with Gasteiger partial charge < -0.3 is 4.74 Å². The Morgan fingerprint density at radius 3 is 2.88 bits per heavy atom. The molecule has 0 saturated heterocycles. The Hall–Kier alpha value is -2.17. The lowest BCUT2D eigenvalue weighted by Gasteiger charge is -2.07. The first-order valence-corrected chi connectivity index (χ1v) is 5.49. The third-order valence-corrected chi connectivity index (χ3v) is 2.54. The molecule has 1 aliphatic rings. The molecule has 86 valence electrons. The van der Waals surface area contributed by atoms with Gasteiger partial charge in [-0.3, -0.25) is 4.79 Å². The molecule has 1 fully saturated rings. The summed E-state index contributed by atoms with van der Waals surface area (Å²) in [6, 6.07) is 5.27. The van der Waals surface area contributed by atoms with E-state index >= 15 is 0 Å². The summed E-state index contributed by atoms with van der Waals surface area (Å²) in [5, 5.41) is 4.16. The molecule has 5 heteroatoms. The van der Waals surface area contributed by atoms with E-state index in [9.17, 15) is 4.79 Å². The third kappa shape index (κ3) is 2.04. The van der Waals surface area contributed by atoms with E-state index < -0.39 is 0 Å². The van der Waals surface area contributed by atoms with Crippen LogP contribution in [0.4, 0.5) is 0 Å². The van der Waals surface area contributed by atoms with Gasteiger partial charge in [0.15, 0.2) is 12.1 Å². The Labute approximate surface area is 98.0 Å². The highest BCUT2D eigenvalue weighted by molar-refractivity contribution is 5.74.